The number of fused-ring (bicyclic) bond motifs is 1. The van der Waals surface area contributed by atoms with Crippen molar-refractivity contribution in [3.05, 3.63) is 34.9 Å². The van der Waals surface area contributed by atoms with E-state index in [0.29, 0.717) is 19.5 Å². The Labute approximate surface area is 113 Å². The van der Waals surface area contributed by atoms with Crippen LogP contribution in [0.1, 0.15) is 37.5 Å². The third kappa shape index (κ3) is 3.05. The number of hydrogen-bond donors (Lipinski definition) is 0. The minimum atomic E-state index is -0.485. The van der Waals surface area contributed by atoms with Crippen molar-refractivity contribution in [2.75, 3.05) is 0 Å². The molecule has 0 radical (unpaired) electrons. The molecule has 0 saturated carbocycles. The number of carbonyl (C=O) groups excluding carboxylic acids is 1. The number of nitrogens with zero attached hydrogens (tertiary/aromatic N) is 2. The molecule has 0 fully saturated rings. The Hall–Kier alpha value is -2.02. The second kappa shape index (κ2) is 4.93. The minimum Gasteiger partial charge on any atom is -0.444 e. The summed E-state index contributed by atoms with van der Waals surface area (Å²) in [5.74, 6) is 0. The molecule has 1 aromatic carbocycles. The van der Waals surface area contributed by atoms with Gasteiger partial charge in [-0.1, -0.05) is 18.2 Å². The highest BCUT2D eigenvalue weighted by molar-refractivity contribution is 5.69. The molecule has 2 rings (SSSR count). The van der Waals surface area contributed by atoms with Gasteiger partial charge in [-0.2, -0.15) is 5.26 Å². The molecule has 0 aromatic heterocycles. The van der Waals surface area contributed by atoms with E-state index in [9.17, 15) is 4.79 Å². The first-order chi connectivity index (χ1) is 8.90. The fraction of sp³-hybridized carbons (Fsp3) is 0.467. The van der Waals surface area contributed by atoms with E-state index in [0.717, 1.165) is 16.7 Å². The third-order valence-electron chi connectivity index (χ3n) is 3.00. The van der Waals surface area contributed by atoms with Crippen LogP contribution < -0.4 is 0 Å². The van der Waals surface area contributed by atoms with Gasteiger partial charge in [-0.05, 0) is 37.5 Å². The number of carbonyl (C=O) groups is 1. The van der Waals surface area contributed by atoms with E-state index in [2.05, 4.69) is 6.07 Å². The molecule has 19 heavy (non-hydrogen) atoms. The Bertz CT molecular complexity index is 538. The second-order valence-electron chi connectivity index (χ2n) is 5.73. The zero-order valence-electron chi connectivity index (χ0n) is 11.6. The van der Waals surface area contributed by atoms with Gasteiger partial charge in [0.25, 0.3) is 0 Å². The van der Waals surface area contributed by atoms with Gasteiger partial charge in [-0.15, -0.1) is 0 Å². The lowest BCUT2D eigenvalue weighted by Gasteiger charge is -2.24. The highest BCUT2D eigenvalue weighted by Crippen LogP contribution is 2.27. The molecule has 1 aliphatic heterocycles. The molecule has 1 heterocycles. The monoisotopic (exact) mass is 258 g/mol. The molecule has 100 valence electrons. The maximum atomic E-state index is 12.0. The van der Waals surface area contributed by atoms with E-state index < -0.39 is 5.60 Å². The standard InChI is InChI=1S/C15H18N2O2/c1-15(2,3)19-14(18)17-9-12-6-4-5-11(7-8-16)13(12)10-17/h4-6H,7,9-10H2,1-3H3. The van der Waals surface area contributed by atoms with Crippen LogP contribution in [0.2, 0.25) is 0 Å². The lowest BCUT2D eigenvalue weighted by atomic mass is 10.0. The van der Waals surface area contributed by atoms with E-state index >= 15 is 0 Å². The molecule has 0 saturated heterocycles. The van der Waals surface area contributed by atoms with E-state index in [1.54, 1.807) is 4.90 Å². The third-order valence-corrected chi connectivity index (χ3v) is 3.00. The average molecular weight is 258 g/mol. The Morgan fingerprint density at radius 1 is 1.42 bits per heavy atom. The number of benzene rings is 1. The van der Waals surface area contributed by atoms with Crippen LogP contribution in [0.4, 0.5) is 4.79 Å². The Balaban J connectivity index is 2.14. The number of rotatable bonds is 1. The lowest BCUT2D eigenvalue weighted by molar-refractivity contribution is 0.0241. The van der Waals surface area contributed by atoms with Crippen molar-refractivity contribution in [3.8, 4) is 6.07 Å². The maximum absolute atomic E-state index is 12.0. The predicted octanol–water partition coefficient (Wildman–Crippen LogP) is 3.00. The van der Waals surface area contributed by atoms with Crippen molar-refractivity contribution in [3.63, 3.8) is 0 Å². The normalized spacial score (nSPS) is 13.9. The van der Waals surface area contributed by atoms with Gasteiger partial charge >= 0.3 is 6.09 Å². The summed E-state index contributed by atoms with van der Waals surface area (Å²) < 4.78 is 5.37. The van der Waals surface area contributed by atoms with E-state index in [-0.39, 0.29) is 6.09 Å². The molecule has 0 N–H and O–H groups in total. The molecule has 0 atom stereocenters. The van der Waals surface area contributed by atoms with Crippen LogP contribution in [0.3, 0.4) is 0 Å². The molecule has 0 bridgehead atoms. The quantitative estimate of drug-likeness (QED) is 0.778. The fourth-order valence-corrected chi connectivity index (χ4v) is 2.20. The lowest BCUT2D eigenvalue weighted by Crippen LogP contribution is -2.33. The van der Waals surface area contributed by atoms with Crippen molar-refractivity contribution in [2.24, 2.45) is 0 Å². The van der Waals surface area contributed by atoms with Gasteiger partial charge in [0.2, 0.25) is 0 Å². The molecule has 4 heteroatoms. The van der Waals surface area contributed by atoms with Gasteiger partial charge in [0.1, 0.15) is 5.60 Å². The smallest absolute Gasteiger partial charge is 0.410 e. The van der Waals surface area contributed by atoms with Crippen molar-refractivity contribution in [1.82, 2.24) is 4.90 Å². The first-order valence-corrected chi connectivity index (χ1v) is 6.35. The van der Waals surface area contributed by atoms with Gasteiger partial charge < -0.3 is 4.74 Å². The maximum Gasteiger partial charge on any atom is 0.410 e. The van der Waals surface area contributed by atoms with Crippen LogP contribution >= 0.6 is 0 Å². The molecule has 1 aliphatic rings. The van der Waals surface area contributed by atoms with Crippen LogP contribution in [-0.4, -0.2) is 16.6 Å². The molecule has 4 nitrogen and oxygen atoms in total. The van der Waals surface area contributed by atoms with Gasteiger partial charge in [0.15, 0.2) is 0 Å². The highest BCUT2D eigenvalue weighted by Gasteiger charge is 2.28. The summed E-state index contributed by atoms with van der Waals surface area (Å²) >= 11 is 0. The molecule has 0 spiro atoms. The summed E-state index contributed by atoms with van der Waals surface area (Å²) in [7, 11) is 0. The zero-order chi connectivity index (χ0) is 14.0. The van der Waals surface area contributed by atoms with E-state index in [1.807, 2.05) is 39.0 Å². The topological polar surface area (TPSA) is 53.3 Å². The van der Waals surface area contributed by atoms with E-state index in [4.69, 9.17) is 10.00 Å². The number of nitriles is 1. The van der Waals surface area contributed by atoms with Crippen LogP contribution in [0.25, 0.3) is 0 Å². The summed E-state index contributed by atoms with van der Waals surface area (Å²) in [5.41, 5.74) is 2.72. The first kappa shape index (κ1) is 13.4. The van der Waals surface area contributed by atoms with Crippen LogP contribution in [0, 0.1) is 11.3 Å². The van der Waals surface area contributed by atoms with Gasteiger partial charge in [0.05, 0.1) is 19.0 Å². The molecule has 1 aromatic rings. The summed E-state index contributed by atoms with van der Waals surface area (Å²) in [6.45, 7) is 6.66. The SMILES string of the molecule is CC(C)(C)OC(=O)N1Cc2cccc(CC#N)c2C1. The van der Waals surface area contributed by atoms with Crippen LogP contribution in [0.5, 0.6) is 0 Å². The predicted molar refractivity (Wildman–Crippen MR) is 71.2 cm³/mol. The molecule has 1 amide bonds. The average Bonchev–Trinajstić information content (AvgIpc) is 2.72. The molecular weight excluding hydrogens is 240 g/mol. The van der Waals surface area contributed by atoms with Gasteiger partial charge in [-0.3, -0.25) is 4.90 Å². The summed E-state index contributed by atoms with van der Waals surface area (Å²) in [6.07, 6.45) is 0.0809. The Morgan fingerprint density at radius 2 is 2.16 bits per heavy atom. The number of hydrogen-bond acceptors (Lipinski definition) is 3. The highest BCUT2D eigenvalue weighted by atomic mass is 16.6. The van der Waals surface area contributed by atoms with Crippen molar-refractivity contribution in [2.45, 2.75) is 45.9 Å². The van der Waals surface area contributed by atoms with Crippen LogP contribution in [-0.2, 0) is 24.2 Å². The van der Waals surface area contributed by atoms with Crippen LogP contribution in [0.15, 0.2) is 18.2 Å². The first-order valence-electron chi connectivity index (χ1n) is 6.35. The fourth-order valence-electron chi connectivity index (χ4n) is 2.20. The van der Waals surface area contributed by atoms with Gasteiger partial charge in [-0.25, -0.2) is 4.79 Å². The van der Waals surface area contributed by atoms with Crippen molar-refractivity contribution < 1.29 is 9.53 Å². The molecule has 0 aliphatic carbocycles. The summed E-state index contributed by atoms with van der Waals surface area (Å²) in [5, 5.41) is 8.82. The summed E-state index contributed by atoms with van der Waals surface area (Å²) in [6, 6.07) is 8.04. The van der Waals surface area contributed by atoms with Gasteiger partial charge in [0, 0.05) is 6.54 Å². The van der Waals surface area contributed by atoms with Crippen molar-refractivity contribution >= 4 is 6.09 Å². The van der Waals surface area contributed by atoms with Crippen molar-refractivity contribution in [1.29, 1.82) is 5.26 Å². The summed E-state index contributed by atoms with van der Waals surface area (Å²) in [4.78, 5) is 13.7. The minimum absolute atomic E-state index is 0.299. The second-order valence-corrected chi connectivity index (χ2v) is 5.73. The Kier molecular flexibility index (Phi) is 3.48. The largest absolute Gasteiger partial charge is 0.444 e. The molecule has 0 unspecified atom stereocenters. The zero-order valence-corrected chi connectivity index (χ0v) is 11.6. The number of amides is 1. The number of ether oxygens (including phenoxy) is 1. The Morgan fingerprint density at radius 3 is 2.79 bits per heavy atom. The van der Waals surface area contributed by atoms with E-state index in [1.165, 1.54) is 0 Å². The molecular formula is C15H18N2O2.